The van der Waals surface area contributed by atoms with Gasteiger partial charge in [-0.1, -0.05) is 6.07 Å². The third kappa shape index (κ3) is 4.78. The highest BCUT2D eigenvalue weighted by Gasteiger charge is 2.18. The van der Waals surface area contributed by atoms with Crippen molar-refractivity contribution in [1.29, 1.82) is 5.26 Å². The third-order valence-electron chi connectivity index (χ3n) is 3.74. The maximum Gasteiger partial charge on any atom is 0.308 e. The summed E-state index contributed by atoms with van der Waals surface area (Å²) < 4.78 is 31.7. The van der Waals surface area contributed by atoms with E-state index in [2.05, 4.69) is 4.72 Å². The van der Waals surface area contributed by atoms with E-state index < -0.39 is 22.1 Å². The van der Waals surface area contributed by atoms with Crippen molar-refractivity contribution in [3.63, 3.8) is 0 Å². The Morgan fingerprint density at radius 2 is 2.04 bits per heavy atom. The minimum absolute atomic E-state index is 0.0591. The van der Waals surface area contributed by atoms with E-state index >= 15 is 0 Å². The van der Waals surface area contributed by atoms with Crippen LogP contribution in [0.1, 0.15) is 37.3 Å². The molecule has 0 unspecified atom stereocenters. The number of hydrogen-bond acceptors (Lipinski definition) is 5. The molecule has 0 amide bonds. The van der Waals surface area contributed by atoms with Crippen LogP contribution < -0.4 is 4.72 Å². The summed E-state index contributed by atoms with van der Waals surface area (Å²) in [6.07, 6.45) is 3.16. The second kappa shape index (κ2) is 7.57. The molecule has 0 heterocycles. The van der Waals surface area contributed by atoms with Gasteiger partial charge >= 0.3 is 5.97 Å². The van der Waals surface area contributed by atoms with Gasteiger partial charge in [-0.2, -0.15) is 5.26 Å². The Kier molecular flexibility index (Phi) is 5.74. The van der Waals surface area contributed by atoms with Crippen LogP contribution in [0.25, 0.3) is 0 Å². The molecular formula is C16H20N2O4S. The summed E-state index contributed by atoms with van der Waals surface area (Å²) in [7, 11) is -3.65. The Balaban J connectivity index is 1.94. The summed E-state index contributed by atoms with van der Waals surface area (Å²) in [6.45, 7) is 1.39. The second-order valence-electron chi connectivity index (χ2n) is 5.55. The Morgan fingerprint density at radius 1 is 1.35 bits per heavy atom. The number of esters is 1. The predicted molar refractivity (Wildman–Crippen MR) is 84.1 cm³/mol. The van der Waals surface area contributed by atoms with E-state index in [-0.39, 0.29) is 17.9 Å². The Morgan fingerprint density at radius 3 is 2.74 bits per heavy atom. The van der Waals surface area contributed by atoms with E-state index in [0.717, 1.165) is 31.2 Å². The first kappa shape index (κ1) is 17.4. The molecule has 0 aromatic heterocycles. The van der Waals surface area contributed by atoms with E-state index in [9.17, 15) is 13.2 Å². The standard InChI is InChI=1S/C16H20N2O4S/c1-12(11-17)22-16(19)8-9-18-23(20,21)15-7-6-13-4-2-3-5-14(13)10-15/h6-7,10,12,18H,2-5,8-9H2,1H3/t12-/m0/s1. The average molecular weight is 336 g/mol. The van der Waals surface area contributed by atoms with Crippen molar-refractivity contribution in [2.45, 2.75) is 50.0 Å². The molecular weight excluding hydrogens is 316 g/mol. The Bertz CT molecular complexity index is 722. The fourth-order valence-corrected chi connectivity index (χ4v) is 3.61. The number of carbonyl (C=O) groups excluding carboxylic acids is 1. The number of carbonyl (C=O) groups is 1. The fourth-order valence-electron chi connectivity index (χ4n) is 2.53. The molecule has 0 spiro atoms. The molecule has 7 heteroatoms. The monoisotopic (exact) mass is 336 g/mol. The molecule has 0 fully saturated rings. The van der Waals surface area contributed by atoms with Gasteiger partial charge in [0.2, 0.25) is 10.0 Å². The molecule has 1 N–H and O–H groups in total. The van der Waals surface area contributed by atoms with Gasteiger partial charge in [-0.3, -0.25) is 4.79 Å². The molecule has 1 aromatic carbocycles. The lowest BCUT2D eigenvalue weighted by molar-refractivity contribution is -0.145. The molecule has 1 aliphatic rings. The number of rotatable bonds is 6. The van der Waals surface area contributed by atoms with Crippen LogP contribution in [0.15, 0.2) is 23.1 Å². The van der Waals surface area contributed by atoms with Gasteiger partial charge in [0, 0.05) is 6.54 Å². The zero-order valence-electron chi connectivity index (χ0n) is 13.0. The van der Waals surface area contributed by atoms with Crippen LogP contribution in [0.3, 0.4) is 0 Å². The van der Waals surface area contributed by atoms with E-state index in [1.54, 1.807) is 18.2 Å². The van der Waals surface area contributed by atoms with Gasteiger partial charge in [-0.25, -0.2) is 13.1 Å². The van der Waals surface area contributed by atoms with Gasteiger partial charge in [-0.15, -0.1) is 0 Å². The minimum atomic E-state index is -3.65. The lowest BCUT2D eigenvalue weighted by Crippen LogP contribution is -2.27. The molecule has 6 nitrogen and oxygen atoms in total. The van der Waals surface area contributed by atoms with Crippen molar-refractivity contribution < 1.29 is 17.9 Å². The SMILES string of the molecule is C[C@@H](C#N)OC(=O)CCNS(=O)(=O)c1ccc2c(c1)CCCC2. The van der Waals surface area contributed by atoms with Crippen molar-refractivity contribution in [2.75, 3.05) is 6.54 Å². The highest BCUT2D eigenvalue weighted by atomic mass is 32.2. The molecule has 2 rings (SSSR count). The number of ether oxygens (including phenoxy) is 1. The summed E-state index contributed by atoms with van der Waals surface area (Å²) in [5.74, 6) is -0.604. The van der Waals surface area contributed by atoms with Crippen LogP contribution in [-0.2, 0) is 32.4 Å². The maximum absolute atomic E-state index is 12.3. The highest BCUT2D eigenvalue weighted by Crippen LogP contribution is 2.23. The first-order valence-corrected chi connectivity index (χ1v) is 9.11. The van der Waals surface area contributed by atoms with Gasteiger partial charge in [0.15, 0.2) is 6.10 Å². The number of benzene rings is 1. The molecule has 23 heavy (non-hydrogen) atoms. The van der Waals surface area contributed by atoms with Crippen molar-refractivity contribution >= 4 is 16.0 Å². The molecule has 124 valence electrons. The van der Waals surface area contributed by atoms with E-state index in [4.69, 9.17) is 10.00 Å². The maximum atomic E-state index is 12.3. The Labute approximate surface area is 136 Å². The zero-order valence-corrected chi connectivity index (χ0v) is 13.9. The molecule has 1 aliphatic carbocycles. The van der Waals surface area contributed by atoms with E-state index in [1.807, 2.05) is 6.07 Å². The van der Waals surface area contributed by atoms with Gasteiger partial charge in [0.1, 0.15) is 6.07 Å². The zero-order chi connectivity index (χ0) is 16.9. The molecule has 0 saturated carbocycles. The topological polar surface area (TPSA) is 96.3 Å². The van der Waals surface area contributed by atoms with Crippen LogP contribution in [-0.4, -0.2) is 27.0 Å². The number of sulfonamides is 1. The number of nitriles is 1. The first-order chi connectivity index (χ1) is 10.9. The van der Waals surface area contributed by atoms with Gasteiger partial charge in [0.25, 0.3) is 0 Å². The van der Waals surface area contributed by atoms with Crippen molar-refractivity contribution in [3.8, 4) is 6.07 Å². The minimum Gasteiger partial charge on any atom is -0.447 e. The number of nitrogens with one attached hydrogen (secondary N) is 1. The van der Waals surface area contributed by atoms with E-state index in [1.165, 1.54) is 12.5 Å². The van der Waals surface area contributed by atoms with Crippen LogP contribution in [0.2, 0.25) is 0 Å². The van der Waals surface area contributed by atoms with Crippen LogP contribution in [0.4, 0.5) is 0 Å². The summed E-state index contributed by atoms with van der Waals surface area (Å²) in [5.41, 5.74) is 2.30. The highest BCUT2D eigenvalue weighted by molar-refractivity contribution is 7.89. The summed E-state index contributed by atoms with van der Waals surface area (Å²) in [6, 6.07) is 6.96. The van der Waals surface area contributed by atoms with Gasteiger partial charge < -0.3 is 4.74 Å². The van der Waals surface area contributed by atoms with Crippen molar-refractivity contribution in [1.82, 2.24) is 4.72 Å². The number of nitrogens with zero attached hydrogens (tertiary/aromatic N) is 1. The molecule has 1 aromatic rings. The summed E-state index contributed by atoms with van der Waals surface area (Å²) >= 11 is 0. The lowest BCUT2D eigenvalue weighted by atomic mass is 9.92. The normalized spacial score (nSPS) is 15.3. The van der Waals surface area contributed by atoms with Crippen molar-refractivity contribution in [2.24, 2.45) is 0 Å². The smallest absolute Gasteiger partial charge is 0.308 e. The largest absolute Gasteiger partial charge is 0.447 e. The van der Waals surface area contributed by atoms with Crippen molar-refractivity contribution in [3.05, 3.63) is 29.3 Å². The first-order valence-electron chi connectivity index (χ1n) is 7.63. The van der Waals surface area contributed by atoms with Crippen LogP contribution in [0.5, 0.6) is 0 Å². The summed E-state index contributed by atoms with van der Waals surface area (Å²) in [5, 5.41) is 8.55. The Hall–Kier alpha value is -1.91. The predicted octanol–water partition coefficient (Wildman–Crippen LogP) is 1.69. The fraction of sp³-hybridized carbons (Fsp3) is 0.500. The molecule has 0 aliphatic heterocycles. The average Bonchev–Trinajstić information content (AvgIpc) is 2.54. The lowest BCUT2D eigenvalue weighted by Gasteiger charge is -2.16. The van der Waals surface area contributed by atoms with Gasteiger partial charge in [-0.05, 0) is 55.9 Å². The molecule has 1 atom stereocenters. The number of fused-ring (bicyclic) bond motifs is 1. The number of aryl methyl sites for hydroxylation is 2. The molecule has 0 bridgehead atoms. The molecule has 0 radical (unpaired) electrons. The van der Waals surface area contributed by atoms with E-state index in [0.29, 0.717) is 0 Å². The molecule has 0 saturated heterocycles. The van der Waals surface area contributed by atoms with Gasteiger partial charge in [0.05, 0.1) is 11.3 Å². The quantitative estimate of drug-likeness (QED) is 0.797. The van der Waals surface area contributed by atoms with Crippen LogP contribution in [0, 0.1) is 11.3 Å². The van der Waals surface area contributed by atoms with Crippen LogP contribution >= 0.6 is 0 Å². The second-order valence-corrected chi connectivity index (χ2v) is 7.31. The summed E-state index contributed by atoms with van der Waals surface area (Å²) in [4.78, 5) is 11.6. The number of hydrogen-bond donors (Lipinski definition) is 1. The third-order valence-corrected chi connectivity index (χ3v) is 5.20.